The van der Waals surface area contributed by atoms with Gasteiger partial charge >= 0.3 is 0 Å². The van der Waals surface area contributed by atoms with Crippen molar-refractivity contribution in [2.75, 3.05) is 13.1 Å². The van der Waals surface area contributed by atoms with Crippen LogP contribution in [0.2, 0.25) is 0 Å². The molecular formula is C18H25ClN2. The van der Waals surface area contributed by atoms with Gasteiger partial charge in [-0.15, -0.1) is 12.4 Å². The van der Waals surface area contributed by atoms with Crippen LogP contribution in [0.25, 0.3) is 10.8 Å². The molecule has 2 N–H and O–H groups in total. The normalized spacial score (nSPS) is 21.0. The van der Waals surface area contributed by atoms with Crippen molar-refractivity contribution in [3.05, 3.63) is 48.0 Å². The van der Waals surface area contributed by atoms with Gasteiger partial charge in [0.2, 0.25) is 0 Å². The molecule has 1 fully saturated rings. The van der Waals surface area contributed by atoms with Crippen LogP contribution in [0.5, 0.6) is 0 Å². The lowest BCUT2D eigenvalue weighted by molar-refractivity contribution is 0.154. The minimum atomic E-state index is 0. The molecule has 0 amide bonds. The van der Waals surface area contributed by atoms with Gasteiger partial charge in [0.25, 0.3) is 0 Å². The largest absolute Gasteiger partial charge is 0.328 e. The molecule has 0 aliphatic carbocycles. The van der Waals surface area contributed by atoms with Gasteiger partial charge in [-0.3, -0.25) is 4.90 Å². The van der Waals surface area contributed by atoms with Crippen molar-refractivity contribution >= 4 is 23.2 Å². The molecule has 0 saturated carbocycles. The van der Waals surface area contributed by atoms with E-state index in [0.717, 1.165) is 13.1 Å². The summed E-state index contributed by atoms with van der Waals surface area (Å²) >= 11 is 0. The quantitative estimate of drug-likeness (QED) is 0.934. The second kappa shape index (κ2) is 7.26. The molecule has 3 rings (SSSR count). The second-order valence-corrected chi connectivity index (χ2v) is 6.18. The van der Waals surface area contributed by atoms with Crippen molar-refractivity contribution in [2.45, 2.75) is 32.4 Å². The Hall–Kier alpha value is -1.09. The van der Waals surface area contributed by atoms with Crippen molar-refractivity contribution in [1.82, 2.24) is 4.90 Å². The maximum Gasteiger partial charge on any atom is 0.0234 e. The Kier molecular flexibility index (Phi) is 5.63. The van der Waals surface area contributed by atoms with Crippen molar-refractivity contribution in [3.8, 4) is 0 Å². The number of rotatable bonds is 3. The van der Waals surface area contributed by atoms with Gasteiger partial charge in [0.05, 0.1) is 0 Å². The third-order valence-corrected chi connectivity index (χ3v) is 4.51. The van der Waals surface area contributed by atoms with E-state index in [2.05, 4.69) is 54.3 Å². The number of piperidine rings is 1. The molecule has 0 aromatic heterocycles. The molecule has 2 aromatic carbocycles. The van der Waals surface area contributed by atoms with Crippen LogP contribution in [0.15, 0.2) is 42.5 Å². The van der Waals surface area contributed by atoms with E-state index in [1.807, 2.05) is 0 Å². The molecule has 1 aliphatic rings. The van der Waals surface area contributed by atoms with Crippen LogP contribution in [-0.4, -0.2) is 24.0 Å². The molecule has 0 spiro atoms. The van der Waals surface area contributed by atoms with Gasteiger partial charge in [-0.2, -0.15) is 0 Å². The van der Waals surface area contributed by atoms with Crippen LogP contribution in [0.4, 0.5) is 0 Å². The summed E-state index contributed by atoms with van der Waals surface area (Å²) in [5.74, 6) is 0.657. The standard InChI is InChI=1S/C18H24N2.ClH/c1-14(19)18-7-4-10-20(13-18)12-15-8-9-16-5-2-3-6-17(16)11-15;/h2-3,5-6,8-9,11,14,18H,4,7,10,12-13,19H2,1H3;1H. The summed E-state index contributed by atoms with van der Waals surface area (Å²) < 4.78 is 0. The molecule has 1 aliphatic heterocycles. The fraction of sp³-hybridized carbons (Fsp3) is 0.444. The topological polar surface area (TPSA) is 29.3 Å². The van der Waals surface area contributed by atoms with E-state index in [4.69, 9.17) is 5.73 Å². The van der Waals surface area contributed by atoms with Crippen molar-refractivity contribution in [2.24, 2.45) is 11.7 Å². The van der Waals surface area contributed by atoms with Gasteiger partial charge in [0.15, 0.2) is 0 Å². The van der Waals surface area contributed by atoms with E-state index in [-0.39, 0.29) is 12.4 Å². The Morgan fingerprint density at radius 3 is 2.71 bits per heavy atom. The summed E-state index contributed by atoms with van der Waals surface area (Å²) in [6.45, 7) is 5.54. The van der Waals surface area contributed by atoms with Crippen molar-refractivity contribution in [1.29, 1.82) is 0 Å². The van der Waals surface area contributed by atoms with Crippen LogP contribution < -0.4 is 5.73 Å². The number of nitrogens with two attached hydrogens (primary N) is 1. The van der Waals surface area contributed by atoms with Crippen LogP contribution >= 0.6 is 12.4 Å². The smallest absolute Gasteiger partial charge is 0.0234 e. The van der Waals surface area contributed by atoms with E-state index < -0.39 is 0 Å². The lowest BCUT2D eigenvalue weighted by atomic mass is 9.92. The average molecular weight is 305 g/mol. The highest BCUT2D eigenvalue weighted by Gasteiger charge is 2.22. The highest BCUT2D eigenvalue weighted by atomic mass is 35.5. The number of halogens is 1. The van der Waals surface area contributed by atoms with Gasteiger partial charge in [-0.25, -0.2) is 0 Å². The predicted octanol–water partition coefficient (Wildman–Crippen LogP) is 3.82. The highest BCUT2D eigenvalue weighted by molar-refractivity contribution is 5.85. The first-order chi connectivity index (χ1) is 9.72. The summed E-state index contributed by atoms with van der Waals surface area (Å²) in [5, 5.41) is 2.66. The molecule has 2 nitrogen and oxygen atoms in total. The Balaban J connectivity index is 0.00000161. The Morgan fingerprint density at radius 2 is 1.95 bits per heavy atom. The lowest BCUT2D eigenvalue weighted by Crippen LogP contribution is -2.41. The maximum absolute atomic E-state index is 6.07. The first-order valence-electron chi connectivity index (χ1n) is 7.68. The number of likely N-dealkylation sites (tertiary alicyclic amines) is 1. The minimum Gasteiger partial charge on any atom is -0.328 e. The van der Waals surface area contributed by atoms with Gasteiger partial charge in [0, 0.05) is 19.1 Å². The molecule has 2 unspecified atom stereocenters. The number of benzene rings is 2. The number of hydrogen-bond acceptors (Lipinski definition) is 2. The third-order valence-electron chi connectivity index (χ3n) is 4.51. The minimum absolute atomic E-state index is 0. The summed E-state index contributed by atoms with van der Waals surface area (Å²) in [5.41, 5.74) is 7.48. The average Bonchev–Trinajstić information content (AvgIpc) is 2.47. The Bertz CT molecular complexity index is 582. The zero-order valence-electron chi connectivity index (χ0n) is 12.7. The summed E-state index contributed by atoms with van der Waals surface area (Å²) in [6, 6.07) is 15.7. The van der Waals surface area contributed by atoms with Gasteiger partial charge in [-0.05, 0) is 54.6 Å². The van der Waals surface area contributed by atoms with Crippen molar-refractivity contribution in [3.63, 3.8) is 0 Å². The lowest BCUT2D eigenvalue weighted by Gasteiger charge is -2.34. The van der Waals surface area contributed by atoms with Gasteiger partial charge in [0.1, 0.15) is 0 Å². The number of hydrogen-bond donors (Lipinski definition) is 1. The Labute approximate surface area is 133 Å². The third kappa shape index (κ3) is 3.97. The van der Waals surface area contributed by atoms with E-state index >= 15 is 0 Å². The predicted molar refractivity (Wildman–Crippen MR) is 92.8 cm³/mol. The first kappa shape index (κ1) is 16.3. The van der Waals surface area contributed by atoms with Gasteiger partial charge in [-0.1, -0.05) is 36.4 Å². The zero-order valence-corrected chi connectivity index (χ0v) is 13.5. The van der Waals surface area contributed by atoms with Crippen LogP contribution in [-0.2, 0) is 6.54 Å². The molecule has 21 heavy (non-hydrogen) atoms. The first-order valence-corrected chi connectivity index (χ1v) is 7.68. The number of nitrogens with zero attached hydrogens (tertiary/aromatic N) is 1. The van der Waals surface area contributed by atoms with E-state index in [0.29, 0.717) is 12.0 Å². The maximum atomic E-state index is 6.07. The second-order valence-electron chi connectivity index (χ2n) is 6.18. The summed E-state index contributed by atoms with van der Waals surface area (Å²) in [6.07, 6.45) is 2.56. The molecule has 2 atom stereocenters. The molecule has 0 bridgehead atoms. The highest BCUT2D eigenvalue weighted by Crippen LogP contribution is 2.22. The van der Waals surface area contributed by atoms with E-state index in [9.17, 15) is 0 Å². The molecular weight excluding hydrogens is 280 g/mol. The molecule has 1 heterocycles. The molecule has 2 aromatic rings. The zero-order chi connectivity index (χ0) is 13.9. The van der Waals surface area contributed by atoms with Crippen molar-refractivity contribution < 1.29 is 0 Å². The fourth-order valence-corrected chi connectivity index (χ4v) is 3.26. The van der Waals surface area contributed by atoms with E-state index in [1.165, 1.54) is 35.7 Å². The SMILES string of the molecule is CC(N)C1CCCN(Cc2ccc3ccccc3c2)C1.Cl. The molecule has 0 radical (unpaired) electrons. The Morgan fingerprint density at radius 1 is 1.19 bits per heavy atom. The van der Waals surface area contributed by atoms with Gasteiger partial charge < -0.3 is 5.73 Å². The molecule has 1 saturated heterocycles. The summed E-state index contributed by atoms with van der Waals surface area (Å²) in [7, 11) is 0. The molecule has 3 heteroatoms. The van der Waals surface area contributed by atoms with Crippen LogP contribution in [0, 0.1) is 5.92 Å². The number of fused-ring (bicyclic) bond motifs is 1. The summed E-state index contributed by atoms with van der Waals surface area (Å²) in [4.78, 5) is 2.56. The van der Waals surface area contributed by atoms with Crippen LogP contribution in [0.1, 0.15) is 25.3 Å². The van der Waals surface area contributed by atoms with Crippen LogP contribution in [0.3, 0.4) is 0 Å². The monoisotopic (exact) mass is 304 g/mol. The molecule has 114 valence electrons. The van der Waals surface area contributed by atoms with E-state index in [1.54, 1.807) is 0 Å². The fourth-order valence-electron chi connectivity index (χ4n) is 3.26.